The number of aromatic hydroxyl groups is 2. The number of hydrogen-bond acceptors (Lipinski definition) is 2. The lowest BCUT2D eigenvalue weighted by atomic mass is 9.83. The van der Waals surface area contributed by atoms with E-state index in [1.165, 1.54) is 25.3 Å². The van der Waals surface area contributed by atoms with Gasteiger partial charge in [-0.2, -0.15) is 0 Å². The fourth-order valence-electron chi connectivity index (χ4n) is 2.28. The Bertz CT molecular complexity index is 314. The van der Waals surface area contributed by atoms with E-state index in [9.17, 15) is 10.2 Å². The summed E-state index contributed by atoms with van der Waals surface area (Å²) in [7, 11) is 0. The van der Waals surface area contributed by atoms with Crippen LogP contribution in [0.4, 0.5) is 0 Å². The smallest absolute Gasteiger partial charge is 0.119 e. The maximum absolute atomic E-state index is 9.68. The second-order valence-corrected chi connectivity index (χ2v) is 4.08. The van der Waals surface area contributed by atoms with Crippen LogP contribution < -0.4 is 0 Å². The molecule has 1 aliphatic carbocycles. The number of phenols is 2. The fraction of sp³-hybridized carbons (Fsp3) is 0.500. The van der Waals surface area contributed by atoms with Crippen LogP contribution in [-0.2, 0) is 0 Å². The summed E-state index contributed by atoms with van der Waals surface area (Å²) in [6.07, 6.45) is 6.05. The molecule has 0 aromatic heterocycles. The van der Waals surface area contributed by atoms with Gasteiger partial charge in [-0.25, -0.2) is 0 Å². The molecule has 1 fully saturated rings. The van der Waals surface area contributed by atoms with Crippen LogP contribution in [0.3, 0.4) is 0 Å². The zero-order chi connectivity index (χ0) is 9.97. The predicted octanol–water partition coefficient (Wildman–Crippen LogP) is 3.15. The van der Waals surface area contributed by atoms with Gasteiger partial charge < -0.3 is 10.2 Å². The van der Waals surface area contributed by atoms with E-state index in [0.29, 0.717) is 11.7 Å². The zero-order valence-electron chi connectivity index (χ0n) is 8.24. The van der Waals surface area contributed by atoms with Crippen LogP contribution in [0.15, 0.2) is 18.2 Å². The molecule has 1 saturated carbocycles. The molecule has 14 heavy (non-hydrogen) atoms. The topological polar surface area (TPSA) is 40.5 Å². The van der Waals surface area contributed by atoms with Gasteiger partial charge in [-0.15, -0.1) is 0 Å². The molecule has 0 heterocycles. The van der Waals surface area contributed by atoms with Crippen molar-refractivity contribution >= 4 is 0 Å². The van der Waals surface area contributed by atoms with Crippen molar-refractivity contribution in [1.29, 1.82) is 0 Å². The van der Waals surface area contributed by atoms with Crippen molar-refractivity contribution in [3.63, 3.8) is 0 Å². The molecule has 0 amide bonds. The molecule has 0 atom stereocenters. The summed E-state index contributed by atoms with van der Waals surface area (Å²) in [6, 6.07) is 4.81. The van der Waals surface area contributed by atoms with E-state index in [1.807, 2.05) is 0 Å². The standard InChI is InChI=1S/C12H16O2/c13-10-6-7-12(14)11(8-10)9-4-2-1-3-5-9/h6-9,13-14H,1-5H2. The second-order valence-electron chi connectivity index (χ2n) is 4.08. The van der Waals surface area contributed by atoms with Crippen molar-refractivity contribution in [2.24, 2.45) is 0 Å². The molecule has 0 radical (unpaired) electrons. The molecule has 0 spiro atoms. The maximum atomic E-state index is 9.68. The van der Waals surface area contributed by atoms with Gasteiger partial charge in [-0.3, -0.25) is 0 Å². The largest absolute Gasteiger partial charge is 0.508 e. The summed E-state index contributed by atoms with van der Waals surface area (Å²) in [6.45, 7) is 0. The minimum atomic E-state index is 0.253. The molecule has 2 heteroatoms. The normalized spacial score (nSPS) is 18.3. The quantitative estimate of drug-likeness (QED) is 0.671. The molecule has 2 rings (SSSR count). The highest BCUT2D eigenvalue weighted by molar-refractivity contribution is 5.41. The molecule has 1 aliphatic rings. The number of hydrogen-bond donors (Lipinski definition) is 2. The number of rotatable bonds is 1. The molecular weight excluding hydrogens is 176 g/mol. The molecule has 1 aromatic rings. The van der Waals surface area contributed by atoms with Gasteiger partial charge in [0.2, 0.25) is 0 Å². The summed E-state index contributed by atoms with van der Waals surface area (Å²) in [5.41, 5.74) is 0.921. The molecule has 0 bridgehead atoms. The van der Waals surface area contributed by atoms with E-state index >= 15 is 0 Å². The molecule has 1 aromatic carbocycles. The van der Waals surface area contributed by atoms with Crippen molar-refractivity contribution in [1.82, 2.24) is 0 Å². The highest BCUT2D eigenvalue weighted by atomic mass is 16.3. The van der Waals surface area contributed by atoms with Crippen LogP contribution in [0.25, 0.3) is 0 Å². The third-order valence-electron chi connectivity index (χ3n) is 3.06. The van der Waals surface area contributed by atoms with Crippen LogP contribution in [0.1, 0.15) is 43.6 Å². The van der Waals surface area contributed by atoms with Crippen molar-refractivity contribution in [3.05, 3.63) is 23.8 Å². The van der Waals surface area contributed by atoms with Crippen LogP contribution in [0.2, 0.25) is 0 Å². The summed E-state index contributed by atoms with van der Waals surface area (Å²) in [4.78, 5) is 0. The average Bonchev–Trinajstić information content (AvgIpc) is 2.23. The Hall–Kier alpha value is -1.18. The zero-order valence-corrected chi connectivity index (χ0v) is 8.24. The minimum Gasteiger partial charge on any atom is -0.508 e. The van der Waals surface area contributed by atoms with Gasteiger partial charge in [-0.05, 0) is 37.0 Å². The molecule has 0 unspecified atom stereocenters. The third kappa shape index (κ3) is 1.84. The molecule has 76 valence electrons. The van der Waals surface area contributed by atoms with E-state index in [1.54, 1.807) is 12.1 Å². The van der Waals surface area contributed by atoms with Gasteiger partial charge >= 0.3 is 0 Å². The Kier molecular flexibility index (Phi) is 2.62. The van der Waals surface area contributed by atoms with Gasteiger partial charge in [0.1, 0.15) is 11.5 Å². The van der Waals surface area contributed by atoms with Gasteiger partial charge in [0.05, 0.1) is 0 Å². The van der Waals surface area contributed by atoms with E-state index in [0.717, 1.165) is 18.4 Å². The van der Waals surface area contributed by atoms with E-state index < -0.39 is 0 Å². The molecule has 0 saturated heterocycles. The van der Waals surface area contributed by atoms with Crippen LogP contribution in [0, 0.1) is 0 Å². The molecular formula is C12H16O2. The first-order valence-electron chi connectivity index (χ1n) is 5.29. The minimum absolute atomic E-state index is 0.253. The first-order valence-corrected chi connectivity index (χ1v) is 5.29. The van der Waals surface area contributed by atoms with Crippen LogP contribution in [-0.4, -0.2) is 10.2 Å². The monoisotopic (exact) mass is 192 g/mol. The second kappa shape index (κ2) is 3.91. The Morgan fingerprint density at radius 2 is 1.71 bits per heavy atom. The Morgan fingerprint density at radius 1 is 1.00 bits per heavy atom. The van der Waals surface area contributed by atoms with Gasteiger partial charge in [0, 0.05) is 5.56 Å². The van der Waals surface area contributed by atoms with Crippen LogP contribution in [0.5, 0.6) is 11.5 Å². The van der Waals surface area contributed by atoms with Gasteiger partial charge in [0.15, 0.2) is 0 Å². The first-order chi connectivity index (χ1) is 6.77. The Labute approximate surface area is 84.2 Å². The van der Waals surface area contributed by atoms with E-state index in [2.05, 4.69) is 0 Å². The van der Waals surface area contributed by atoms with Crippen molar-refractivity contribution < 1.29 is 10.2 Å². The van der Waals surface area contributed by atoms with E-state index in [4.69, 9.17) is 0 Å². The van der Waals surface area contributed by atoms with Gasteiger partial charge in [-0.1, -0.05) is 19.3 Å². The number of phenolic OH excluding ortho intramolecular Hbond substituents is 2. The van der Waals surface area contributed by atoms with E-state index in [-0.39, 0.29) is 5.75 Å². The van der Waals surface area contributed by atoms with Gasteiger partial charge in [0.25, 0.3) is 0 Å². The summed E-state index contributed by atoms with van der Waals surface area (Å²) >= 11 is 0. The summed E-state index contributed by atoms with van der Waals surface area (Å²) in [5, 5.41) is 19.0. The molecule has 0 aliphatic heterocycles. The third-order valence-corrected chi connectivity index (χ3v) is 3.06. The Balaban J connectivity index is 2.24. The summed E-state index contributed by atoms with van der Waals surface area (Å²) < 4.78 is 0. The number of benzene rings is 1. The lowest BCUT2D eigenvalue weighted by molar-refractivity contribution is 0.409. The van der Waals surface area contributed by atoms with Crippen LogP contribution >= 0.6 is 0 Å². The summed E-state index contributed by atoms with van der Waals surface area (Å²) in [5.74, 6) is 1.02. The highest BCUT2D eigenvalue weighted by Crippen LogP contribution is 2.38. The molecule has 2 N–H and O–H groups in total. The molecule has 2 nitrogen and oxygen atoms in total. The van der Waals surface area contributed by atoms with Crippen molar-refractivity contribution in [2.75, 3.05) is 0 Å². The lowest BCUT2D eigenvalue weighted by Gasteiger charge is -2.22. The lowest BCUT2D eigenvalue weighted by Crippen LogP contribution is -2.04. The SMILES string of the molecule is Oc1ccc(O)c(C2CCCCC2)c1. The predicted molar refractivity (Wildman–Crippen MR) is 55.6 cm³/mol. The van der Waals surface area contributed by atoms with Crippen molar-refractivity contribution in [3.8, 4) is 11.5 Å². The highest BCUT2D eigenvalue weighted by Gasteiger charge is 2.18. The average molecular weight is 192 g/mol. The Morgan fingerprint density at radius 3 is 2.43 bits per heavy atom. The maximum Gasteiger partial charge on any atom is 0.119 e. The fourth-order valence-corrected chi connectivity index (χ4v) is 2.28. The first kappa shape index (κ1) is 9.38. The van der Waals surface area contributed by atoms with Crippen molar-refractivity contribution in [2.45, 2.75) is 38.0 Å².